The van der Waals surface area contributed by atoms with Crippen molar-refractivity contribution >= 4 is 0 Å². The van der Waals surface area contributed by atoms with Crippen molar-refractivity contribution < 1.29 is 8.56 Å². The topological polar surface area (TPSA) is 0 Å². The molecule has 0 aliphatic heterocycles. The van der Waals surface area contributed by atoms with Gasteiger partial charge in [0.05, 0.1) is 0 Å². The van der Waals surface area contributed by atoms with Crippen LogP contribution >= 0.6 is 0 Å². The lowest BCUT2D eigenvalue weighted by molar-refractivity contribution is 0.310. The number of hydrogen-bond donors (Lipinski definition) is 0. The Balaban J connectivity index is -0.00000117. The van der Waals surface area contributed by atoms with Crippen molar-refractivity contribution in [3.63, 3.8) is 0 Å². The molecule has 0 heterocycles. The Bertz CT molecular complexity index is 2120. The minimum atomic E-state index is 0. The van der Waals surface area contributed by atoms with Crippen LogP contribution in [0.4, 0.5) is 0 Å². The van der Waals surface area contributed by atoms with Gasteiger partial charge in [0.25, 0.3) is 0 Å². The Kier molecular flexibility index (Phi) is 38.5. The third kappa shape index (κ3) is 25.8. The van der Waals surface area contributed by atoms with Crippen molar-refractivity contribution in [2.24, 2.45) is 35.5 Å². The SMILES string of the molecule is C/C=C/C1CCC(c2ccc(C3CCC(/C=C/C)CC3)cc2)CC1.C/C=C/CCC1CCC(c2ccc(C3CCC(/C=C/C)CC3)cc2)CC1.C/C=C/CCC1CCC(c2ccc(C3CCC(CC/C=C/C)CC3)cc2)CC1.CC.CC.CC.[HH].[HH].[HH].[HH].[HH].[HH]. The summed E-state index contributed by atoms with van der Waals surface area (Å²) in [5, 5.41) is 0. The molecular formula is C84H144. The second-order valence-electron chi connectivity index (χ2n) is 26.0. The van der Waals surface area contributed by atoms with Crippen molar-refractivity contribution in [1.82, 2.24) is 0 Å². The summed E-state index contributed by atoms with van der Waals surface area (Å²) >= 11 is 0. The monoisotopic (exact) mass is 1150 g/mol. The average molecular weight is 1150 g/mol. The molecular weight excluding hydrogens is 1010 g/mol. The van der Waals surface area contributed by atoms with Crippen molar-refractivity contribution in [1.29, 1.82) is 0 Å². The van der Waals surface area contributed by atoms with Gasteiger partial charge < -0.3 is 0 Å². The predicted molar refractivity (Wildman–Crippen MR) is 391 cm³/mol. The maximum Gasteiger partial charge on any atom is 0 e. The lowest BCUT2D eigenvalue weighted by Crippen LogP contribution is -2.14. The molecule has 6 fully saturated rings. The molecule has 0 amide bonds. The van der Waals surface area contributed by atoms with E-state index in [1.54, 1.807) is 33.4 Å². The zero-order valence-corrected chi connectivity index (χ0v) is 57.0. The first-order chi connectivity index (χ1) is 41.4. The van der Waals surface area contributed by atoms with Gasteiger partial charge >= 0.3 is 0 Å². The molecule has 0 atom stereocenters. The van der Waals surface area contributed by atoms with E-state index in [1.807, 2.05) is 41.5 Å². The molecule has 0 N–H and O–H groups in total. The summed E-state index contributed by atoms with van der Waals surface area (Å²) in [4.78, 5) is 0. The van der Waals surface area contributed by atoms with E-state index in [2.05, 4.69) is 187 Å². The summed E-state index contributed by atoms with van der Waals surface area (Å²) in [6.07, 6.45) is 68.9. The van der Waals surface area contributed by atoms with Crippen molar-refractivity contribution in [3.8, 4) is 0 Å². The Hall–Kier alpha value is -3.90. The van der Waals surface area contributed by atoms with E-state index in [0.29, 0.717) is 0 Å². The van der Waals surface area contributed by atoms with Gasteiger partial charge in [-0.3, -0.25) is 0 Å². The predicted octanol–water partition coefficient (Wildman–Crippen LogP) is 29.1. The fourth-order valence-corrected chi connectivity index (χ4v) is 15.7. The van der Waals surface area contributed by atoms with Gasteiger partial charge in [0.1, 0.15) is 0 Å². The highest BCUT2D eigenvalue weighted by atomic mass is 14.3. The van der Waals surface area contributed by atoms with Crippen LogP contribution in [-0.4, -0.2) is 0 Å². The standard InChI is InChI=1S/C28H42.C26H38.C24H34.3C2H6.6H2/c1-3-5-7-9-23-11-15-25(16-12-23)27-19-21-28(22-20-27)26-17-13-24(14-18-26)10-8-6-4-2;1-3-5-6-8-22-11-15-24(16-12-22)26-19-17-25(18-20-26)23-13-9-21(7-4-2)10-14-23;1-3-5-19-7-11-21(12-8-19)23-15-17-24(18-16-23)22-13-9-20(6-4-2)10-14-22;3*1-2;;;;;;/h3-6,19-26H,7-18H2,1-2H3;3-5,7,17-24H,6,8-16H2,1-2H3;3-6,15-22H,7-14H2,1-2H3;3*1-2H3;6*1H/b5-3+,6-4+;5-3+,7-4+;5-3+,6-4+;;;;;;;;;. The fourth-order valence-electron chi connectivity index (χ4n) is 15.7. The minimum Gasteiger partial charge on any atom is -0.0917 e. The highest BCUT2D eigenvalue weighted by Gasteiger charge is 2.27. The Morgan fingerprint density at radius 1 is 0.250 bits per heavy atom. The summed E-state index contributed by atoms with van der Waals surface area (Å²) < 4.78 is 0. The molecule has 6 aliphatic rings. The van der Waals surface area contributed by atoms with Gasteiger partial charge in [-0.05, 0) is 339 Å². The molecule has 6 saturated carbocycles. The van der Waals surface area contributed by atoms with Crippen molar-refractivity contribution in [3.05, 3.63) is 179 Å². The largest absolute Gasteiger partial charge is 0.0917 e. The zero-order valence-electron chi connectivity index (χ0n) is 57.0. The van der Waals surface area contributed by atoms with Crippen LogP contribution in [0.15, 0.2) is 146 Å². The van der Waals surface area contributed by atoms with Gasteiger partial charge in [0.2, 0.25) is 0 Å². The molecule has 6 aliphatic carbocycles. The Morgan fingerprint density at radius 3 is 0.571 bits per heavy atom. The van der Waals surface area contributed by atoms with Crippen LogP contribution in [-0.2, 0) is 0 Å². The molecule has 3 aromatic carbocycles. The molecule has 0 spiro atoms. The van der Waals surface area contributed by atoms with Crippen LogP contribution < -0.4 is 0 Å². The van der Waals surface area contributed by atoms with Gasteiger partial charge in [-0.1, -0.05) is 187 Å². The maximum absolute atomic E-state index is 2.47. The van der Waals surface area contributed by atoms with E-state index in [0.717, 1.165) is 71.0 Å². The first-order valence-corrected chi connectivity index (χ1v) is 36.4. The normalized spacial score (nSPS) is 28.3. The molecule has 9 rings (SSSR count). The highest BCUT2D eigenvalue weighted by molar-refractivity contribution is 5.31. The van der Waals surface area contributed by atoms with Crippen LogP contribution in [0, 0.1) is 35.5 Å². The molecule has 0 radical (unpaired) electrons. The van der Waals surface area contributed by atoms with E-state index < -0.39 is 0 Å². The Labute approximate surface area is 531 Å². The number of rotatable bonds is 18. The van der Waals surface area contributed by atoms with Crippen LogP contribution in [0.5, 0.6) is 0 Å². The summed E-state index contributed by atoms with van der Waals surface area (Å²) in [7, 11) is 0. The quantitative estimate of drug-likeness (QED) is 0.111. The lowest BCUT2D eigenvalue weighted by atomic mass is 9.75. The molecule has 0 heteroatoms. The molecule has 0 aromatic heterocycles. The van der Waals surface area contributed by atoms with E-state index in [9.17, 15) is 0 Å². The summed E-state index contributed by atoms with van der Waals surface area (Å²) in [5.74, 6) is 10.2. The van der Waals surface area contributed by atoms with E-state index in [-0.39, 0.29) is 8.56 Å². The van der Waals surface area contributed by atoms with E-state index >= 15 is 0 Å². The molecule has 480 valence electrons. The summed E-state index contributed by atoms with van der Waals surface area (Å²) in [5.41, 5.74) is 9.57. The Morgan fingerprint density at radius 2 is 0.417 bits per heavy atom. The van der Waals surface area contributed by atoms with E-state index in [4.69, 9.17) is 0 Å². The highest BCUT2D eigenvalue weighted by Crippen LogP contribution is 2.44. The molecule has 0 nitrogen and oxygen atoms in total. The van der Waals surface area contributed by atoms with Crippen molar-refractivity contribution in [2.45, 2.75) is 311 Å². The molecule has 0 saturated heterocycles. The second-order valence-corrected chi connectivity index (χ2v) is 26.0. The van der Waals surface area contributed by atoms with Crippen LogP contribution in [0.2, 0.25) is 0 Å². The van der Waals surface area contributed by atoms with Crippen molar-refractivity contribution in [2.75, 3.05) is 0 Å². The lowest BCUT2D eigenvalue weighted by Gasteiger charge is -2.30. The zero-order chi connectivity index (χ0) is 60.6. The van der Waals surface area contributed by atoms with Gasteiger partial charge in [-0.2, -0.15) is 0 Å². The van der Waals surface area contributed by atoms with Gasteiger partial charge in [-0.15, -0.1) is 0 Å². The minimum absolute atomic E-state index is 0. The third-order valence-electron chi connectivity index (χ3n) is 20.8. The first-order valence-electron chi connectivity index (χ1n) is 36.4. The first kappa shape index (κ1) is 72.6. The number of allylic oxidation sites excluding steroid dienone is 12. The van der Waals surface area contributed by atoms with Gasteiger partial charge in [-0.25, -0.2) is 0 Å². The van der Waals surface area contributed by atoms with Crippen LogP contribution in [0.25, 0.3) is 0 Å². The summed E-state index contributed by atoms with van der Waals surface area (Å²) in [6.45, 7) is 24.9. The molecule has 84 heavy (non-hydrogen) atoms. The van der Waals surface area contributed by atoms with Crippen LogP contribution in [0.3, 0.4) is 0 Å². The molecule has 3 aromatic rings. The van der Waals surface area contributed by atoms with E-state index in [1.165, 1.54) is 193 Å². The number of benzene rings is 3. The molecule has 0 bridgehead atoms. The van der Waals surface area contributed by atoms with Gasteiger partial charge in [0.15, 0.2) is 0 Å². The number of hydrogen-bond acceptors (Lipinski definition) is 0. The maximum atomic E-state index is 2.47. The molecule has 0 unspecified atom stereocenters. The van der Waals surface area contributed by atoms with Crippen LogP contribution in [0.1, 0.15) is 353 Å². The fraction of sp³-hybridized carbons (Fsp3) is 0.643. The smallest absolute Gasteiger partial charge is 0 e. The summed E-state index contributed by atoms with van der Waals surface area (Å²) in [6, 6.07) is 29.5. The van der Waals surface area contributed by atoms with Gasteiger partial charge in [0, 0.05) is 8.56 Å². The third-order valence-corrected chi connectivity index (χ3v) is 20.8. The second kappa shape index (κ2) is 44.5. The average Bonchev–Trinajstić information content (AvgIpc) is 2.81.